The van der Waals surface area contributed by atoms with E-state index >= 15 is 0 Å². The highest BCUT2D eigenvalue weighted by molar-refractivity contribution is 5.24. The van der Waals surface area contributed by atoms with Gasteiger partial charge in [0.1, 0.15) is 0 Å². The van der Waals surface area contributed by atoms with Crippen LogP contribution in [0.1, 0.15) is 17.2 Å². The van der Waals surface area contributed by atoms with Crippen molar-refractivity contribution in [1.29, 1.82) is 0 Å². The molecule has 0 saturated carbocycles. The summed E-state index contributed by atoms with van der Waals surface area (Å²) in [7, 11) is 1.80. The molecule has 1 N–H and O–H groups in total. The van der Waals surface area contributed by atoms with E-state index in [1.54, 1.807) is 25.5 Å². The number of hydrogen-bond donors (Lipinski definition) is 1. The summed E-state index contributed by atoms with van der Waals surface area (Å²) in [5.74, 6) is -1.64. The molecule has 2 aromatic rings. The van der Waals surface area contributed by atoms with Crippen LogP contribution in [0.5, 0.6) is 0 Å². The first-order valence-corrected chi connectivity index (χ1v) is 5.72. The van der Waals surface area contributed by atoms with Crippen LogP contribution < -0.4 is 5.32 Å². The van der Waals surface area contributed by atoms with Gasteiger partial charge in [0.05, 0.1) is 0 Å². The first-order chi connectivity index (χ1) is 8.70. The molecule has 0 radical (unpaired) electrons. The van der Waals surface area contributed by atoms with Crippen LogP contribution in [0.15, 0.2) is 42.7 Å². The Morgan fingerprint density at radius 3 is 2.44 bits per heavy atom. The number of pyridine rings is 1. The van der Waals surface area contributed by atoms with Gasteiger partial charge in [-0.1, -0.05) is 6.07 Å². The van der Waals surface area contributed by atoms with Gasteiger partial charge in [-0.2, -0.15) is 0 Å². The fraction of sp³-hybridized carbons (Fsp3) is 0.214. The summed E-state index contributed by atoms with van der Waals surface area (Å²) in [6.45, 7) is 0. The fourth-order valence-electron chi connectivity index (χ4n) is 1.87. The van der Waals surface area contributed by atoms with E-state index in [4.69, 9.17) is 0 Å². The van der Waals surface area contributed by atoms with Gasteiger partial charge in [-0.15, -0.1) is 0 Å². The van der Waals surface area contributed by atoms with Gasteiger partial charge in [-0.25, -0.2) is 8.78 Å². The molecule has 1 aromatic carbocycles. The molecule has 1 heterocycles. The summed E-state index contributed by atoms with van der Waals surface area (Å²) in [4.78, 5) is 3.95. The Balaban J connectivity index is 2.20. The van der Waals surface area contributed by atoms with Crippen molar-refractivity contribution in [2.75, 3.05) is 7.05 Å². The summed E-state index contributed by atoms with van der Waals surface area (Å²) in [6, 6.07) is 7.75. The summed E-state index contributed by atoms with van der Waals surface area (Å²) < 4.78 is 26.1. The number of aromatic nitrogens is 1. The summed E-state index contributed by atoms with van der Waals surface area (Å²) >= 11 is 0. The lowest BCUT2D eigenvalue weighted by molar-refractivity contribution is 0.501. The highest BCUT2D eigenvalue weighted by atomic mass is 19.2. The third-order valence-corrected chi connectivity index (χ3v) is 2.88. The summed E-state index contributed by atoms with van der Waals surface area (Å²) in [5.41, 5.74) is 1.82. The first-order valence-electron chi connectivity index (χ1n) is 5.72. The van der Waals surface area contributed by atoms with Crippen molar-refractivity contribution in [2.24, 2.45) is 0 Å². The highest BCUT2D eigenvalue weighted by Gasteiger charge is 2.12. The number of benzene rings is 1. The minimum atomic E-state index is -0.822. The number of rotatable bonds is 4. The molecule has 0 amide bonds. The molecule has 4 heteroatoms. The van der Waals surface area contributed by atoms with Crippen LogP contribution in [-0.2, 0) is 6.42 Å². The topological polar surface area (TPSA) is 24.9 Å². The zero-order chi connectivity index (χ0) is 13.0. The lowest BCUT2D eigenvalue weighted by Gasteiger charge is -2.16. The molecule has 1 atom stereocenters. The van der Waals surface area contributed by atoms with Gasteiger partial charge in [0.25, 0.3) is 0 Å². The van der Waals surface area contributed by atoms with E-state index in [1.165, 1.54) is 6.07 Å². The molecular formula is C14H14F2N2. The molecular weight excluding hydrogens is 234 g/mol. The van der Waals surface area contributed by atoms with Crippen molar-refractivity contribution in [3.63, 3.8) is 0 Å². The van der Waals surface area contributed by atoms with Gasteiger partial charge < -0.3 is 5.32 Å². The van der Waals surface area contributed by atoms with Crippen LogP contribution in [0.2, 0.25) is 0 Å². The highest BCUT2D eigenvalue weighted by Crippen LogP contribution is 2.19. The minimum Gasteiger partial charge on any atom is -0.313 e. The lowest BCUT2D eigenvalue weighted by atomic mass is 9.99. The molecule has 0 spiro atoms. The second kappa shape index (κ2) is 5.69. The maximum atomic E-state index is 13.2. The zero-order valence-corrected chi connectivity index (χ0v) is 10.0. The van der Waals surface area contributed by atoms with Crippen molar-refractivity contribution in [3.8, 4) is 0 Å². The van der Waals surface area contributed by atoms with E-state index in [9.17, 15) is 8.78 Å². The molecule has 1 unspecified atom stereocenters. The van der Waals surface area contributed by atoms with Gasteiger partial charge in [-0.3, -0.25) is 4.98 Å². The molecule has 1 aromatic heterocycles. The summed E-state index contributed by atoms with van der Waals surface area (Å²) in [6.07, 6.45) is 4.13. The van der Waals surface area contributed by atoms with E-state index < -0.39 is 11.6 Å². The van der Waals surface area contributed by atoms with Crippen molar-refractivity contribution < 1.29 is 8.78 Å². The average molecular weight is 248 g/mol. The van der Waals surface area contributed by atoms with Gasteiger partial charge in [-0.05, 0) is 48.9 Å². The molecule has 18 heavy (non-hydrogen) atoms. The molecule has 2 rings (SSSR count). The van der Waals surface area contributed by atoms with E-state index in [2.05, 4.69) is 10.3 Å². The molecule has 0 saturated heterocycles. The standard InChI is InChI=1S/C14H14F2N2/c1-17-14(8-10-4-6-18-7-5-10)11-2-3-12(15)13(16)9-11/h2-7,9,14,17H,8H2,1H3. The number of hydrogen-bond acceptors (Lipinski definition) is 2. The Bertz CT molecular complexity index is 514. The van der Waals surface area contributed by atoms with Gasteiger partial charge >= 0.3 is 0 Å². The molecule has 0 fully saturated rings. The third-order valence-electron chi connectivity index (χ3n) is 2.88. The third kappa shape index (κ3) is 2.90. The normalized spacial score (nSPS) is 12.4. The Labute approximate surface area is 105 Å². The molecule has 0 aliphatic heterocycles. The molecule has 2 nitrogen and oxygen atoms in total. The quantitative estimate of drug-likeness (QED) is 0.900. The molecule has 0 aliphatic rings. The second-order valence-corrected chi connectivity index (χ2v) is 4.07. The van der Waals surface area contributed by atoms with Crippen LogP contribution in [0.4, 0.5) is 8.78 Å². The zero-order valence-electron chi connectivity index (χ0n) is 10.0. The SMILES string of the molecule is CNC(Cc1ccncc1)c1ccc(F)c(F)c1. The van der Waals surface area contributed by atoms with Crippen LogP contribution in [0.3, 0.4) is 0 Å². The number of likely N-dealkylation sites (N-methyl/N-ethyl adjacent to an activating group) is 1. The van der Waals surface area contributed by atoms with Crippen LogP contribution in [-0.4, -0.2) is 12.0 Å². The largest absolute Gasteiger partial charge is 0.313 e. The molecule has 0 aliphatic carbocycles. The molecule has 94 valence electrons. The second-order valence-electron chi connectivity index (χ2n) is 4.07. The predicted octanol–water partition coefficient (Wildman–Crippen LogP) is 2.86. The maximum Gasteiger partial charge on any atom is 0.159 e. The van der Waals surface area contributed by atoms with Crippen LogP contribution in [0, 0.1) is 11.6 Å². The monoisotopic (exact) mass is 248 g/mol. The van der Waals surface area contributed by atoms with Crippen LogP contribution >= 0.6 is 0 Å². The van der Waals surface area contributed by atoms with E-state index in [0.717, 1.165) is 17.2 Å². The number of halogens is 2. The fourth-order valence-corrected chi connectivity index (χ4v) is 1.87. The number of nitrogens with zero attached hydrogens (tertiary/aromatic N) is 1. The number of nitrogens with one attached hydrogen (secondary N) is 1. The average Bonchev–Trinajstić information content (AvgIpc) is 2.40. The van der Waals surface area contributed by atoms with E-state index in [1.807, 2.05) is 12.1 Å². The van der Waals surface area contributed by atoms with Crippen molar-refractivity contribution in [1.82, 2.24) is 10.3 Å². The Morgan fingerprint density at radius 1 is 1.11 bits per heavy atom. The van der Waals surface area contributed by atoms with Crippen molar-refractivity contribution >= 4 is 0 Å². The van der Waals surface area contributed by atoms with E-state index in [-0.39, 0.29) is 6.04 Å². The van der Waals surface area contributed by atoms with Gasteiger partial charge in [0.15, 0.2) is 11.6 Å². The molecule has 0 bridgehead atoms. The Morgan fingerprint density at radius 2 is 1.83 bits per heavy atom. The maximum absolute atomic E-state index is 13.2. The van der Waals surface area contributed by atoms with Crippen molar-refractivity contribution in [3.05, 3.63) is 65.5 Å². The first kappa shape index (κ1) is 12.6. The smallest absolute Gasteiger partial charge is 0.159 e. The predicted molar refractivity (Wildman–Crippen MR) is 66.1 cm³/mol. The van der Waals surface area contributed by atoms with Crippen LogP contribution in [0.25, 0.3) is 0 Å². The van der Waals surface area contributed by atoms with E-state index in [0.29, 0.717) is 6.42 Å². The van der Waals surface area contributed by atoms with Crippen molar-refractivity contribution in [2.45, 2.75) is 12.5 Å². The minimum absolute atomic E-state index is 0.0532. The lowest BCUT2D eigenvalue weighted by Crippen LogP contribution is -2.19. The Kier molecular flexibility index (Phi) is 3.99. The van der Waals surface area contributed by atoms with Gasteiger partial charge in [0, 0.05) is 18.4 Å². The van der Waals surface area contributed by atoms with Gasteiger partial charge in [0.2, 0.25) is 0 Å². The summed E-state index contributed by atoms with van der Waals surface area (Å²) in [5, 5.41) is 3.10. The Hall–Kier alpha value is -1.81.